The zero-order chi connectivity index (χ0) is 23.0. The molecule has 0 N–H and O–H groups in total. The van der Waals surface area contributed by atoms with Crippen LogP contribution < -0.4 is 4.73 Å². The summed E-state index contributed by atoms with van der Waals surface area (Å²) in [5.74, 6) is -1.28. The lowest BCUT2D eigenvalue weighted by molar-refractivity contribution is -0.607. The van der Waals surface area contributed by atoms with Gasteiger partial charge in [-0.05, 0) is 70.0 Å². The van der Waals surface area contributed by atoms with Crippen LogP contribution in [0.1, 0.15) is 47.3 Å². The predicted molar refractivity (Wildman–Crippen MR) is 110 cm³/mol. The van der Waals surface area contributed by atoms with Gasteiger partial charge in [-0.3, -0.25) is 4.79 Å². The van der Waals surface area contributed by atoms with Crippen LogP contribution in [0.15, 0.2) is 30.5 Å². The van der Waals surface area contributed by atoms with Gasteiger partial charge in [-0.25, -0.2) is 4.39 Å². The van der Waals surface area contributed by atoms with Gasteiger partial charge >= 0.3 is 12.1 Å². The Labute approximate surface area is 183 Å². The number of hydrogen-bond donors (Lipinski definition) is 0. The van der Waals surface area contributed by atoms with Crippen molar-refractivity contribution in [2.24, 2.45) is 0 Å². The highest BCUT2D eigenvalue weighted by Gasteiger charge is 2.34. The van der Waals surface area contributed by atoms with Crippen molar-refractivity contribution < 1.29 is 27.1 Å². The van der Waals surface area contributed by atoms with Crippen molar-refractivity contribution in [3.63, 3.8) is 0 Å². The lowest BCUT2D eigenvalue weighted by Gasteiger charge is -2.36. The molecule has 1 aromatic carbocycles. The third-order valence-corrected chi connectivity index (χ3v) is 6.44. The Morgan fingerprint density at radius 3 is 2.34 bits per heavy atom. The molecule has 32 heavy (non-hydrogen) atoms. The van der Waals surface area contributed by atoms with E-state index in [1.807, 2.05) is 0 Å². The molecule has 5 nitrogen and oxygen atoms in total. The Hall–Kier alpha value is -2.68. The second kappa shape index (κ2) is 8.69. The van der Waals surface area contributed by atoms with Gasteiger partial charge in [0.25, 0.3) is 5.69 Å². The van der Waals surface area contributed by atoms with E-state index < -0.39 is 23.5 Å². The topological polar surface area (TPSA) is 50.5 Å². The van der Waals surface area contributed by atoms with Gasteiger partial charge in [0, 0.05) is 30.3 Å². The van der Waals surface area contributed by atoms with Crippen LogP contribution in [-0.2, 0) is 6.18 Å². The summed E-state index contributed by atoms with van der Waals surface area (Å²) in [6.07, 6.45) is 0.423. The minimum Gasteiger partial charge on any atom is -0.618 e. The Morgan fingerprint density at radius 2 is 1.75 bits per heavy atom. The normalized spacial score (nSPS) is 18.3. The lowest BCUT2D eigenvalue weighted by Crippen LogP contribution is -2.49. The molecule has 9 heteroatoms. The Morgan fingerprint density at radius 1 is 1.09 bits per heavy atom. The maximum atomic E-state index is 14.3. The van der Waals surface area contributed by atoms with E-state index in [2.05, 4.69) is 4.90 Å². The molecular weight excluding hydrogens is 426 g/mol. The van der Waals surface area contributed by atoms with Crippen molar-refractivity contribution in [3.8, 4) is 11.1 Å². The first kappa shape index (κ1) is 22.5. The number of rotatable bonds is 3. The highest BCUT2D eigenvalue weighted by molar-refractivity contribution is 5.92. The van der Waals surface area contributed by atoms with Gasteiger partial charge in [-0.15, -0.1) is 0 Å². The number of aryl methyl sites for hydroxylation is 1. The first-order valence-electron chi connectivity index (χ1n) is 10.8. The molecule has 2 fully saturated rings. The molecule has 0 saturated carbocycles. The number of pyridine rings is 1. The molecule has 2 aromatic rings. The van der Waals surface area contributed by atoms with Gasteiger partial charge in [-0.1, -0.05) is 0 Å². The Bertz CT molecular complexity index is 988. The van der Waals surface area contributed by atoms with Crippen LogP contribution in [0, 0.1) is 17.9 Å². The molecule has 0 bridgehead atoms. The highest BCUT2D eigenvalue weighted by Crippen LogP contribution is 2.34. The molecule has 172 valence electrons. The van der Waals surface area contributed by atoms with Crippen LogP contribution in [0.3, 0.4) is 0 Å². The zero-order valence-corrected chi connectivity index (χ0v) is 17.8. The van der Waals surface area contributed by atoms with Crippen LogP contribution in [-0.4, -0.2) is 47.9 Å². The largest absolute Gasteiger partial charge is 0.618 e. The fourth-order valence-corrected chi connectivity index (χ4v) is 4.73. The van der Waals surface area contributed by atoms with E-state index in [0.717, 1.165) is 38.2 Å². The number of benzene rings is 1. The second-order valence-electron chi connectivity index (χ2n) is 8.55. The van der Waals surface area contributed by atoms with E-state index in [4.69, 9.17) is 0 Å². The smallest absolute Gasteiger partial charge is 0.416 e. The summed E-state index contributed by atoms with van der Waals surface area (Å²) in [5.41, 5.74) is -1.14. The van der Waals surface area contributed by atoms with Crippen LogP contribution in [0.5, 0.6) is 0 Å². The van der Waals surface area contributed by atoms with E-state index in [0.29, 0.717) is 41.6 Å². The zero-order valence-electron chi connectivity index (χ0n) is 17.8. The maximum Gasteiger partial charge on any atom is 0.416 e. The fraction of sp³-hybridized carbons (Fsp3) is 0.478. The van der Waals surface area contributed by atoms with Gasteiger partial charge in [-0.2, -0.15) is 17.9 Å². The van der Waals surface area contributed by atoms with Gasteiger partial charge < -0.3 is 15.0 Å². The Kier molecular flexibility index (Phi) is 6.11. The maximum absolute atomic E-state index is 14.3. The summed E-state index contributed by atoms with van der Waals surface area (Å²) >= 11 is 0. The van der Waals surface area contributed by atoms with Crippen LogP contribution in [0.2, 0.25) is 0 Å². The molecule has 0 radical (unpaired) electrons. The van der Waals surface area contributed by atoms with Crippen LogP contribution >= 0.6 is 0 Å². The van der Waals surface area contributed by atoms with Crippen molar-refractivity contribution in [2.45, 2.75) is 44.8 Å². The van der Waals surface area contributed by atoms with E-state index in [9.17, 15) is 27.6 Å². The number of hydrogen-bond acceptors (Lipinski definition) is 3. The van der Waals surface area contributed by atoms with Gasteiger partial charge in [0.2, 0.25) is 0 Å². The van der Waals surface area contributed by atoms with Crippen molar-refractivity contribution in [3.05, 3.63) is 58.3 Å². The first-order valence-corrected chi connectivity index (χ1v) is 10.8. The van der Waals surface area contributed by atoms with Crippen molar-refractivity contribution >= 4 is 5.91 Å². The number of aromatic nitrogens is 1. The van der Waals surface area contributed by atoms with Gasteiger partial charge in [0.05, 0.1) is 11.1 Å². The molecule has 2 saturated heterocycles. The van der Waals surface area contributed by atoms with Crippen LogP contribution in [0.25, 0.3) is 11.1 Å². The van der Waals surface area contributed by atoms with Crippen LogP contribution in [0.4, 0.5) is 17.6 Å². The summed E-state index contributed by atoms with van der Waals surface area (Å²) in [6.45, 7) is 4.80. The number of amides is 1. The SMILES string of the molecule is Cc1cc(-c2cc(C(F)(F)F)ccc2F)c[n+]([O-])c1C(=O)N1CCC(N2CCCC2)CC1. The van der Waals surface area contributed by atoms with E-state index in [-0.39, 0.29) is 16.8 Å². The molecule has 0 unspecified atom stereocenters. The number of alkyl halides is 3. The Balaban J connectivity index is 1.55. The second-order valence-corrected chi connectivity index (χ2v) is 8.55. The van der Waals surface area contributed by atoms with Gasteiger partial charge in [0.15, 0.2) is 6.20 Å². The molecule has 0 spiro atoms. The molecule has 0 atom stereocenters. The lowest BCUT2D eigenvalue weighted by atomic mass is 10.00. The van der Waals surface area contributed by atoms with Crippen molar-refractivity contribution in [1.82, 2.24) is 9.80 Å². The number of nitrogens with zero attached hydrogens (tertiary/aromatic N) is 3. The predicted octanol–water partition coefficient (Wildman–Crippen LogP) is 4.15. The van der Waals surface area contributed by atoms with E-state index >= 15 is 0 Å². The summed E-state index contributed by atoms with van der Waals surface area (Å²) in [7, 11) is 0. The quantitative estimate of drug-likeness (QED) is 0.400. The summed E-state index contributed by atoms with van der Waals surface area (Å²) in [4.78, 5) is 17.1. The highest BCUT2D eigenvalue weighted by atomic mass is 19.4. The molecule has 1 amide bonds. The minimum atomic E-state index is -4.64. The average molecular weight is 451 g/mol. The molecule has 2 aliphatic heterocycles. The molecule has 4 rings (SSSR count). The average Bonchev–Trinajstić information content (AvgIpc) is 3.27. The summed E-state index contributed by atoms with van der Waals surface area (Å²) in [5, 5.41) is 12.7. The van der Waals surface area contributed by atoms with Gasteiger partial charge in [0.1, 0.15) is 5.82 Å². The number of likely N-dealkylation sites (tertiary alicyclic amines) is 2. The number of carbonyl (C=O) groups is 1. The standard InChI is InChI=1S/C23H25F4N3O2/c1-15-12-16(19-13-17(23(25,26)27)4-5-20(19)24)14-30(32)21(15)22(31)29-10-6-18(7-11-29)28-8-2-3-9-28/h4-5,12-14,18H,2-3,6-11H2,1H3. The molecule has 3 heterocycles. The van der Waals surface area contributed by atoms with Crippen molar-refractivity contribution in [1.29, 1.82) is 0 Å². The minimum absolute atomic E-state index is 0.00890. The monoisotopic (exact) mass is 451 g/mol. The third kappa shape index (κ3) is 4.44. The number of carbonyl (C=O) groups excluding carboxylic acids is 1. The number of piperidine rings is 1. The van der Waals surface area contributed by atoms with Crippen molar-refractivity contribution in [2.75, 3.05) is 26.2 Å². The van der Waals surface area contributed by atoms with E-state index in [1.54, 1.807) is 4.90 Å². The molecular formula is C23H25F4N3O2. The molecule has 0 aliphatic carbocycles. The third-order valence-electron chi connectivity index (χ3n) is 6.44. The fourth-order valence-electron chi connectivity index (χ4n) is 4.73. The molecule has 1 aromatic heterocycles. The number of halogens is 4. The summed E-state index contributed by atoms with van der Waals surface area (Å²) < 4.78 is 53.7. The summed E-state index contributed by atoms with van der Waals surface area (Å²) in [6, 6.07) is 3.90. The van der Waals surface area contributed by atoms with E-state index in [1.165, 1.54) is 25.8 Å². The first-order chi connectivity index (χ1) is 15.1. The molecule has 2 aliphatic rings.